The van der Waals surface area contributed by atoms with Gasteiger partial charge in [0, 0.05) is 17.3 Å². The lowest BCUT2D eigenvalue weighted by molar-refractivity contribution is 0.111. The molecule has 0 aliphatic rings. The maximum absolute atomic E-state index is 5.61. The van der Waals surface area contributed by atoms with Gasteiger partial charge in [0.25, 0.3) is 0 Å². The number of ether oxygens (including phenoxy) is 1. The van der Waals surface area contributed by atoms with Crippen LogP contribution in [0.15, 0.2) is 22.8 Å². The number of hydrogen-bond donors (Lipinski definition) is 1. The Labute approximate surface area is 112 Å². The third kappa shape index (κ3) is 5.61. The number of hydrogen-bond acceptors (Lipinski definition) is 3. The summed E-state index contributed by atoms with van der Waals surface area (Å²) in [5, 5.41) is 3.46. The zero-order chi connectivity index (χ0) is 12.5. The maximum Gasteiger partial charge on any atom is 0.0732 e. The van der Waals surface area contributed by atoms with Crippen molar-refractivity contribution in [3.8, 4) is 0 Å². The van der Waals surface area contributed by atoms with E-state index in [1.807, 2.05) is 18.3 Å². The third-order valence-electron chi connectivity index (χ3n) is 2.38. The van der Waals surface area contributed by atoms with Crippen molar-refractivity contribution in [1.82, 2.24) is 10.3 Å². The smallest absolute Gasteiger partial charge is 0.0732 e. The summed E-state index contributed by atoms with van der Waals surface area (Å²) in [6, 6.07) is 4.24. The molecule has 17 heavy (non-hydrogen) atoms. The molecular formula is C13H21BrN2O. The fourth-order valence-corrected chi connectivity index (χ4v) is 1.74. The van der Waals surface area contributed by atoms with Gasteiger partial charge in [-0.15, -0.1) is 0 Å². The highest BCUT2D eigenvalue weighted by Gasteiger charge is 2.11. The van der Waals surface area contributed by atoms with Crippen molar-refractivity contribution < 1.29 is 4.74 Å². The van der Waals surface area contributed by atoms with Gasteiger partial charge in [0.1, 0.15) is 0 Å². The zero-order valence-electron chi connectivity index (χ0n) is 10.6. The molecule has 0 saturated heterocycles. The van der Waals surface area contributed by atoms with Crippen LogP contribution >= 0.6 is 15.9 Å². The molecule has 0 radical (unpaired) electrons. The summed E-state index contributed by atoms with van der Waals surface area (Å²) in [5.74, 6) is 0. The molecule has 1 unspecified atom stereocenters. The van der Waals surface area contributed by atoms with Gasteiger partial charge in [-0.3, -0.25) is 4.98 Å². The van der Waals surface area contributed by atoms with Crippen LogP contribution in [-0.2, 0) is 4.74 Å². The van der Waals surface area contributed by atoms with E-state index in [0.29, 0.717) is 6.61 Å². The predicted molar refractivity (Wildman–Crippen MR) is 74.1 cm³/mol. The molecule has 4 heteroatoms. The van der Waals surface area contributed by atoms with Gasteiger partial charge in [0.05, 0.1) is 18.3 Å². The lowest BCUT2D eigenvalue weighted by Crippen LogP contribution is -2.27. The molecule has 0 amide bonds. The number of pyridine rings is 1. The molecule has 1 aromatic rings. The Kier molecular flexibility index (Phi) is 7.40. The standard InChI is InChI=1S/C13H21BrN2O/c1-3-7-15-13(10-17-8-4-2)12-6-5-11(14)9-16-12/h5-6,9,13,15H,3-4,7-8,10H2,1-2H3. The molecule has 1 heterocycles. The van der Waals surface area contributed by atoms with Crippen LogP contribution < -0.4 is 5.32 Å². The minimum Gasteiger partial charge on any atom is -0.379 e. The number of nitrogens with zero attached hydrogens (tertiary/aromatic N) is 1. The first-order chi connectivity index (χ1) is 8.27. The molecule has 0 aliphatic heterocycles. The van der Waals surface area contributed by atoms with Crippen LogP contribution in [0.5, 0.6) is 0 Å². The summed E-state index contributed by atoms with van der Waals surface area (Å²) >= 11 is 3.40. The van der Waals surface area contributed by atoms with Crippen molar-refractivity contribution in [1.29, 1.82) is 0 Å². The molecule has 0 saturated carbocycles. The summed E-state index contributed by atoms with van der Waals surface area (Å²) < 4.78 is 6.62. The summed E-state index contributed by atoms with van der Waals surface area (Å²) in [5.41, 5.74) is 1.04. The second-order valence-corrected chi connectivity index (χ2v) is 4.90. The van der Waals surface area contributed by atoms with E-state index in [-0.39, 0.29) is 6.04 Å². The van der Waals surface area contributed by atoms with Gasteiger partial charge in [0.15, 0.2) is 0 Å². The van der Waals surface area contributed by atoms with Gasteiger partial charge in [-0.05, 0) is 47.4 Å². The van der Waals surface area contributed by atoms with Crippen LogP contribution in [0.25, 0.3) is 0 Å². The van der Waals surface area contributed by atoms with Crippen molar-refractivity contribution in [3.63, 3.8) is 0 Å². The average Bonchev–Trinajstić information content (AvgIpc) is 2.35. The van der Waals surface area contributed by atoms with Crippen LogP contribution in [0.2, 0.25) is 0 Å². The number of aromatic nitrogens is 1. The Bertz CT molecular complexity index is 303. The molecule has 0 bridgehead atoms. The van der Waals surface area contributed by atoms with Gasteiger partial charge >= 0.3 is 0 Å². The number of nitrogens with one attached hydrogen (secondary N) is 1. The Balaban J connectivity index is 2.57. The van der Waals surface area contributed by atoms with E-state index in [4.69, 9.17) is 4.74 Å². The first-order valence-electron chi connectivity index (χ1n) is 6.20. The summed E-state index contributed by atoms with van der Waals surface area (Å²) in [6.45, 7) is 6.75. The number of rotatable bonds is 8. The Morgan fingerprint density at radius 1 is 1.35 bits per heavy atom. The molecule has 0 spiro atoms. The minimum absolute atomic E-state index is 0.189. The lowest BCUT2D eigenvalue weighted by Gasteiger charge is -2.18. The number of halogens is 1. The van der Waals surface area contributed by atoms with Crippen LogP contribution in [0.3, 0.4) is 0 Å². The first kappa shape index (κ1) is 14.6. The highest BCUT2D eigenvalue weighted by atomic mass is 79.9. The molecule has 0 aromatic carbocycles. The molecule has 0 fully saturated rings. The second kappa shape index (κ2) is 8.61. The maximum atomic E-state index is 5.61. The minimum atomic E-state index is 0.189. The fourth-order valence-electron chi connectivity index (χ4n) is 1.51. The predicted octanol–water partition coefficient (Wildman–Crippen LogP) is 3.31. The van der Waals surface area contributed by atoms with Gasteiger partial charge in [0.2, 0.25) is 0 Å². The SMILES string of the molecule is CCCNC(COCCC)c1ccc(Br)cn1. The summed E-state index contributed by atoms with van der Waals surface area (Å²) in [4.78, 5) is 4.42. The Hall–Kier alpha value is -0.450. The van der Waals surface area contributed by atoms with Crippen LogP contribution in [0, 0.1) is 0 Å². The highest BCUT2D eigenvalue weighted by Crippen LogP contribution is 2.14. The molecule has 1 atom stereocenters. The van der Waals surface area contributed by atoms with E-state index in [0.717, 1.165) is 36.2 Å². The van der Waals surface area contributed by atoms with Crippen LogP contribution in [0.4, 0.5) is 0 Å². The van der Waals surface area contributed by atoms with Crippen molar-refractivity contribution in [3.05, 3.63) is 28.5 Å². The molecule has 3 nitrogen and oxygen atoms in total. The second-order valence-electron chi connectivity index (χ2n) is 3.98. The van der Waals surface area contributed by atoms with Gasteiger partial charge in [-0.25, -0.2) is 0 Å². The Morgan fingerprint density at radius 2 is 2.18 bits per heavy atom. The lowest BCUT2D eigenvalue weighted by atomic mass is 10.2. The monoisotopic (exact) mass is 300 g/mol. The van der Waals surface area contributed by atoms with E-state index < -0.39 is 0 Å². The van der Waals surface area contributed by atoms with Crippen LogP contribution in [0.1, 0.15) is 38.4 Å². The molecule has 1 rings (SSSR count). The van der Waals surface area contributed by atoms with Gasteiger partial charge in [-0.2, -0.15) is 0 Å². The normalized spacial score (nSPS) is 12.6. The van der Waals surface area contributed by atoms with Crippen molar-refractivity contribution in [2.45, 2.75) is 32.7 Å². The van der Waals surface area contributed by atoms with E-state index in [1.54, 1.807) is 0 Å². The van der Waals surface area contributed by atoms with Crippen molar-refractivity contribution >= 4 is 15.9 Å². The molecular weight excluding hydrogens is 280 g/mol. The quantitative estimate of drug-likeness (QED) is 0.748. The van der Waals surface area contributed by atoms with Crippen LogP contribution in [-0.4, -0.2) is 24.7 Å². The Morgan fingerprint density at radius 3 is 2.76 bits per heavy atom. The van der Waals surface area contributed by atoms with E-state index in [2.05, 4.69) is 40.1 Å². The average molecular weight is 301 g/mol. The molecule has 1 aromatic heterocycles. The van der Waals surface area contributed by atoms with E-state index in [1.165, 1.54) is 0 Å². The topological polar surface area (TPSA) is 34.1 Å². The van der Waals surface area contributed by atoms with Gasteiger partial charge in [-0.1, -0.05) is 13.8 Å². The first-order valence-corrected chi connectivity index (χ1v) is 6.99. The molecule has 0 aliphatic carbocycles. The summed E-state index contributed by atoms with van der Waals surface area (Å²) in [7, 11) is 0. The summed E-state index contributed by atoms with van der Waals surface area (Å²) in [6.07, 6.45) is 3.99. The largest absolute Gasteiger partial charge is 0.379 e. The third-order valence-corrected chi connectivity index (χ3v) is 2.85. The highest BCUT2D eigenvalue weighted by molar-refractivity contribution is 9.10. The molecule has 96 valence electrons. The fraction of sp³-hybridized carbons (Fsp3) is 0.615. The zero-order valence-corrected chi connectivity index (χ0v) is 12.2. The molecule has 1 N–H and O–H groups in total. The van der Waals surface area contributed by atoms with Crippen molar-refractivity contribution in [2.24, 2.45) is 0 Å². The van der Waals surface area contributed by atoms with Gasteiger partial charge < -0.3 is 10.1 Å². The van der Waals surface area contributed by atoms with Crippen molar-refractivity contribution in [2.75, 3.05) is 19.8 Å². The van der Waals surface area contributed by atoms with E-state index in [9.17, 15) is 0 Å². The van der Waals surface area contributed by atoms with E-state index >= 15 is 0 Å².